The number of halogens is 1. The van der Waals surface area contributed by atoms with E-state index in [1.165, 1.54) is 12.1 Å². The predicted octanol–water partition coefficient (Wildman–Crippen LogP) is 1.66. The first-order chi connectivity index (χ1) is 11.2. The Labute approximate surface area is 147 Å². The molecule has 1 aromatic carbocycles. The quantitative estimate of drug-likeness (QED) is 0.711. The van der Waals surface area contributed by atoms with Crippen molar-refractivity contribution in [2.24, 2.45) is 5.92 Å². The summed E-state index contributed by atoms with van der Waals surface area (Å²) in [4.78, 5) is 48.6. The van der Waals surface area contributed by atoms with Crippen LogP contribution in [0.4, 0.5) is 0 Å². The Morgan fingerprint density at radius 3 is 2.42 bits per heavy atom. The molecule has 1 aliphatic rings. The van der Waals surface area contributed by atoms with Crippen LogP contribution in [-0.4, -0.2) is 46.3 Å². The van der Waals surface area contributed by atoms with Crippen LogP contribution in [0.1, 0.15) is 41.0 Å². The van der Waals surface area contributed by atoms with Gasteiger partial charge in [-0.25, -0.2) is 4.79 Å². The van der Waals surface area contributed by atoms with E-state index in [1.54, 1.807) is 6.07 Å². The van der Waals surface area contributed by atoms with E-state index in [-0.39, 0.29) is 23.5 Å². The molecule has 0 aromatic heterocycles. The maximum atomic E-state index is 12.3. The van der Waals surface area contributed by atoms with E-state index < -0.39 is 36.3 Å². The van der Waals surface area contributed by atoms with E-state index in [0.717, 1.165) is 4.90 Å². The summed E-state index contributed by atoms with van der Waals surface area (Å²) in [6.45, 7) is 3.17. The number of fused-ring (bicyclic) bond motifs is 1. The summed E-state index contributed by atoms with van der Waals surface area (Å²) >= 11 is 3.23. The number of amides is 3. The minimum absolute atomic E-state index is 0.0723. The number of aliphatic carboxylic acids is 1. The second kappa shape index (κ2) is 7.12. The first-order valence-electron chi connectivity index (χ1n) is 7.38. The Morgan fingerprint density at radius 1 is 1.21 bits per heavy atom. The number of carboxylic acid groups (broad SMARTS) is 1. The maximum absolute atomic E-state index is 12.3. The van der Waals surface area contributed by atoms with Gasteiger partial charge in [0.1, 0.15) is 12.6 Å². The zero-order chi connectivity index (χ0) is 18.0. The highest BCUT2D eigenvalue weighted by atomic mass is 79.9. The van der Waals surface area contributed by atoms with Crippen molar-refractivity contribution >= 4 is 39.6 Å². The molecule has 0 fully saturated rings. The molecular formula is C16H17BrN2O5. The van der Waals surface area contributed by atoms with Crippen LogP contribution in [-0.2, 0) is 9.59 Å². The first kappa shape index (κ1) is 18.1. The van der Waals surface area contributed by atoms with Crippen LogP contribution in [0, 0.1) is 5.92 Å². The molecule has 0 aliphatic carbocycles. The smallest absolute Gasteiger partial charge is 0.326 e. The summed E-state index contributed by atoms with van der Waals surface area (Å²) < 4.78 is 0.650. The third-order valence-corrected chi connectivity index (χ3v) is 4.07. The molecule has 1 aliphatic heterocycles. The van der Waals surface area contributed by atoms with Gasteiger partial charge in [0.15, 0.2) is 0 Å². The molecule has 1 atom stereocenters. The molecule has 1 heterocycles. The zero-order valence-corrected chi connectivity index (χ0v) is 14.8. The highest BCUT2D eigenvalue weighted by molar-refractivity contribution is 9.10. The van der Waals surface area contributed by atoms with Crippen LogP contribution in [0.25, 0.3) is 0 Å². The fourth-order valence-corrected chi connectivity index (χ4v) is 2.84. The predicted molar refractivity (Wildman–Crippen MR) is 88.5 cm³/mol. The van der Waals surface area contributed by atoms with E-state index in [1.807, 2.05) is 13.8 Å². The normalized spacial score (nSPS) is 14.8. The van der Waals surface area contributed by atoms with Gasteiger partial charge in [-0.2, -0.15) is 0 Å². The van der Waals surface area contributed by atoms with Crippen molar-refractivity contribution in [1.29, 1.82) is 0 Å². The Balaban J connectivity index is 2.09. The third-order valence-electron chi connectivity index (χ3n) is 3.57. The summed E-state index contributed by atoms with van der Waals surface area (Å²) in [6.07, 6.45) is 0.260. The fourth-order valence-electron chi connectivity index (χ4n) is 2.48. The SMILES string of the molecule is CC(C)C[C@@H](NC(=O)CN1C(=O)c2ccc(Br)cc2C1=O)C(=O)O. The number of hydrogen-bond acceptors (Lipinski definition) is 4. The summed E-state index contributed by atoms with van der Waals surface area (Å²) in [5.74, 6) is -2.89. The van der Waals surface area contributed by atoms with Gasteiger partial charge in [0.25, 0.3) is 11.8 Å². The number of nitrogens with zero attached hydrogens (tertiary/aromatic N) is 1. The van der Waals surface area contributed by atoms with Crippen LogP contribution in [0.3, 0.4) is 0 Å². The van der Waals surface area contributed by atoms with Gasteiger partial charge in [0.05, 0.1) is 11.1 Å². The van der Waals surface area contributed by atoms with Crippen molar-refractivity contribution in [3.05, 3.63) is 33.8 Å². The minimum atomic E-state index is -1.15. The topological polar surface area (TPSA) is 104 Å². The standard InChI is InChI=1S/C16H17BrN2O5/c1-8(2)5-12(16(23)24)18-13(20)7-19-14(21)10-4-3-9(17)6-11(10)15(19)22/h3-4,6,8,12H,5,7H2,1-2H3,(H,18,20)(H,23,24)/t12-/m1/s1. The number of hydrogen-bond donors (Lipinski definition) is 2. The lowest BCUT2D eigenvalue weighted by Crippen LogP contribution is -2.47. The summed E-state index contributed by atoms with van der Waals surface area (Å²) in [6, 6.07) is 3.61. The van der Waals surface area contributed by atoms with Crippen LogP contribution in [0.5, 0.6) is 0 Å². The molecule has 1 aromatic rings. The first-order valence-corrected chi connectivity index (χ1v) is 8.18. The summed E-state index contributed by atoms with van der Waals surface area (Å²) in [5, 5.41) is 11.5. The largest absolute Gasteiger partial charge is 0.480 e. The van der Waals surface area contributed by atoms with Crippen LogP contribution in [0.15, 0.2) is 22.7 Å². The Bertz CT molecular complexity index is 716. The molecule has 0 radical (unpaired) electrons. The number of carbonyl (C=O) groups excluding carboxylic acids is 3. The van der Waals surface area contributed by atoms with Crippen molar-refractivity contribution in [2.45, 2.75) is 26.3 Å². The average Bonchev–Trinajstić information content (AvgIpc) is 2.70. The van der Waals surface area contributed by atoms with Gasteiger partial charge in [-0.05, 0) is 30.5 Å². The number of benzene rings is 1. The van der Waals surface area contributed by atoms with Gasteiger partial charge < -0.3 is 10.4 Å². The average molecular weight is 397 g/mol. The van der Waals surface area contributed by atoms with Gasteiger partial charge in [-0.1, -0.05) is 29.8 Å². The molecule has 0 spiro atoms. The molecule has 24 heavy (non-hydrogen) atoms. The molecule has 2 N–H and O–H groups in total. The number of imide groups is 1. The molecule has 0 saturated heterocycles. The van der Waals surface area contributed by atoms with E-state index >= 15 is 0 Å². The zero-order valence-electron chi connectivity index (χ0n) is 13.2. The number of nitrogens with one attached hydrogen (secondary N) is 1. The van der Waals surface area contributed by atoms with Crippen molar-refractivity contribution in [1.82, 2.24) is 10.2 Å². The lowest BCUT2D eigenvalue weighted by molar-refractivity contribution is -0.142. The Hall–Kier alpha value is -2.22. The molecule has 3 amide bonds. The van der Waals surface area contributed by atoms with Crippen molar-refractivity contribution < 1.29 is 24.3 Å². The molecule has 128 valence electrons. The van der Waals surface area contributed by atoms with Crippen LogP contribution < -0.4 is 5.32 Å². The molecule has 7 nitrogen and oxygen atoms in total. The third kappa shape index (κ3) is 3.81. The van der Waals surface area contributed by atoms with Crippen molar-refractivity contribution in [3.63, 3.8) is 0 Å². The minimum Gasteiger partial charge on any atom is -0.480 e. The van der Waals surface area contributed by atoms with E-state index in [4.69, 9.17) is 5.11 Å². The number of rotatable bonds is 6. The highest BCUT2D eigenvalue weighted by Gasteiger charge is 2.37. The second-order valence-electron chi connectivity index (χ2n) is 5.97. The lowest BCUT2D eigenvalue weighted by Gasteiger charge is -2.19. The monoisotopic (exact) mass is 396 g/mol. The second-order valence-corrected chi connectivity index (χ2v) is 6.89. The molecule has 8 heteroatoms. The molecule has 0 bridgehead atoms. The maximum Gasteiger partial charge on any atom is 0.326 e. The number of carbonyl (C=O) groups is 4. The molecule has 0 unspecified atom stereocenters. The summed E-state index contributed by atoms with van der Waals surface area (Å²) in [5.41, 5.74) is 0.451. The lowest BCUT2D eigenvalue weighted by atomic mass is 10.0. The van der Waals surface area contributed by atoms with Gasteiger partial charge in [0, 0.05) is 4.47 Å². The molecular weight excluding hydrogens is 380 g/mol. The Kier molecular flexibility index (Phi) is 5.38. The van der Waals surface area contributed by atoms with E-state index in [9.17, 15) is 19.2 Å². The van der Waals surface area contributed by atoms with Crippen molar-refractivity contribution in [3.8, 4) is 0 Å². The van der Waals surface area contributed by atoms with Gasteiger partial charge in [-0.3, -0.25) is 19.3 Å². The summed E-state index contributed by atoms with van der Waals surface area (Å²) in [7, 11) is 0. The molecule has 2 rings (SSSR count). The Morgan fingerprint density at radius 2 is 1.83 bits per heavy atom. The van der Waals surface area contributed by atoms with Crippen molar-refractivity contribution in [2.75, 3.05) is 6.54 Å². The van der Waals surface area contributed by atoms with Crippen LogP contribution in [0.2, 0.25) is 0 Å². The van der Waals surface area contributed by atoms with Crippen LogP contribution >= 0.6 is 15.9 Å². The highest BCUT2D eigenvalue weighted by Crippen LogP contribution is 2.25. The van der Waals surface area contributed by atoms with Gasteiger partial charge >= 0.3 is 5.97 Å². The van der Waals surface area contributed by atoms with Gasteiger partial charge in [-0.15, -0.1) is 0 Å². The number of carboxylic acids is 1. The van der Waals surface area contributed by atoms with E-state index in [0.29, 0.717) is 4.47 Å². The van der Waals surface area contributed by atoms with E-state index in [2.05, 4.69) is 21.2 Å². The van der Waals surface area contributed by atoms with Gasteiger partial charge in [0.2, 0.25) is 5.91 Å². The fraction of sp³-hybridized carbons (Fsp3) is 0.375. The molecule has 0 saturated carbocycles.